The van der Waals surface area contributed by atoms with Gasteiger partial charge in [0.05, 0.1) is 22.9 Å². The molecule has 1 aliphatic heterocycles. The minimum absolute atomic E-state index is 0.0895. The van der Waals surface area contributed by atoms with Crippen LogP contribution in [0.4, 0.5) is 0 Å². The molecule has 4 nitrogen and oxygen atoms in total. The van der Waals surface area contributed by atoms with Gasteiger partial charge in [-0.3, -0.25) is 9.58 Å². The molecule has 1 fully saturated rings. The molecule has 0 radical (unpaired) electrons. The second-order valence-corrected chi connectivity index (χ2v) is 5.83. The molecule has 0 unspecified atom stereocenters. The normalized spacial score (nSPS) is 25.1. The third-order valence-corrected chi connectivity index (χ3v) is 3.45. The van der Waals surface area contributed by atoms with E-state index in [0.717, 1.165) is 30.4 Å². The van der Waals surface area contributed by atoms with E-state index in [1.54, 1.807) is 4.68 Å². The molecule has 1 atom stereocenters. The lowest BCUT2D eigenvalue weighted by molar-refractivity contribution is -0.113. The van der Waals surface area contributed by atoms with Gasteiger partial charge in [0.15, 0.2) is 0 Å². The summed E-state index contributed by atoms with van der Waals surface area (Å²) in [5.41, 5.74) is 0.854. The summed E-state index contributed by atoms with van der Waals surface area (Å²) in [6, 6.07) is 0.404. The van der Waals surface area contributed by atoms with Crippen LogP contribution in [-0.2, 0) is 18.3 Å². The number of hydrogen-bond acceptors (Lipinski definition) is 3. The van der Waals surface area contributed by atoms with Gasteiger partial charge in [-0.25, -0.2) is 0 Å². The summed E-state index contributed by atoms with van der Waals surface area (Å²) in [6.07, 6.45) is 1.84. The van der Waals surface area contributed by atoms with E-state index < -0.39 is 0 Å². The van der Waals surface area contributed by atoms with Crippen LogP contribution in [0.5, 0.6) is 0 Å². The van der Waals surface area contributed by atoms with Gasteiger partial charge < -0.3 is 4.74 Å². The molecule has 2 heterocycles. The van der Waals surface area contributed by atoms with Crippen molar-refractivity contribution in [3.8, 4) is 0 Å². The van der Waals surface area contributed by atoms with Gasteiger partial charge in [0.25, 0.3) is 0 Å². The van der Waals surface area contributed by atoms with E-state index in [1.807, 2.05) is 13.2 Å². The van der Waals surface area contributed by atoms with Crippen molar-refractivity contribution in [2.75, 3.05) is 13.2 Å². The molecule has 0 N–H and O–H groups in total. The first-order valence-corrected chi connectivity index (χ1v) is 6.31. The average Bonchev–Trinajstić information content (AvgIpc) is 2.51. The monoisotopic (exact) mass is 257 g/mol. The zero-order valence-electron chi connectivity index (χ0n) is 10.9. The fraction of sp³-hybridized carbons (Fsp3) is 0.750. The molecule has 0 spiro atoms. The fourth-order valence-corrected chi connectivity index (χ4v) is 2.40. The maximum absolute atomic E-state index is 6.14. The Morgan fingerprint density at radius 1 is 1.59 bits per heavy atom. The number of nitrogens with zero attached hydrogens (tertiary/aromatic N) is 3. The van der Waals surface area contributed by atoms with Gasteiger partial charge in [-0.05, 0) is 20.8 Å². The lowest BCUT2D eigenvalue weighted by atomic mass is 10.0. The van der Waals surface area contributed by atoms with Gasteiger partial charge >= 0.3 is 0 Å². The first kappa shape index (κ1) is 12.9. The molecule has 0 aliphatic carbocycles. The van der Waals surface area contributed by atoms with Crippen LogP contribution in [0.25, 0.3) is 0 Å². The Morgan fingerprint density at radius 3 is 2.88 bits per heavy atom. The molecule has 1 aliphatic rings. The Bertz CT molecular complexity index is 402. The second kappa shape index (κ2) is 4.59. The Labute approximate surface area is 107 Å². The number of ether oxygens (including phenoxy) is 1. The maximum atomic E-state index is 6.14. The van der Waals surface area contributed by atoms with E-state index in [1.165, 1.54) is 0 Å². The average molecular weight is 258 g/mol. The van der Waals surface area contributed by atoms with Crippen LogP contribution in [0, 0.1) is 0 Å². The molecule has 0 aromatic carbocycles. The van der Waals surface area contributed by atoms with Crippen LogP contribution < -0.4 is 0 Å². The van der Waals surface area contributed by atoms with Gasteiger partial charge in [0.2, 0.25) is 0 Å². The summed E-state index contributed by atoms with van der Waals surface area (Å²) >= 11 is 6.14. The molecule has 0 amide bonds. The van der Waals surface area contributed by atoms with E-state index in [4.69, 9.17) is 16.3 Å². The summed E-state index contributed by atoms with van der Waals surface area (Å²) in [7, 11) is 1.89. The summed E-state index contributed by atoms with van der Waals surface area (Å²) in [5, 5.41) is 5.13. The highest BCUT2D eigenvalue weighted by atomic mass is 35.5. The topological polar surface area (TPSA) is 30.3 Å². The fourth-order valence-electron chi connectivity index (χ4n) is 2.16. The molecule has 0 saturated carbocycles. The third kappa shape index (κ3) is 3.00. The molecule has 1 aromatic rings. The van der Waals surface area contributed by atoms with Crippen LogP contribution in [0.1, 0.15) is 26.5 Å². The number of morpholine rings is 1. The van der Waals surface area contributed by atoms with Crippen molar-refractivity contribution in [1.82, 2.24) is 14.7 Å². The van der Waals surface area contributed by atoms with Crippen molar-refractivity contribution < 1.29 is 4.74 Å². The summed E-state index contributed by atoms with van der Waals surface area (Å²) in [4.78, 5) is 2.37. The molecular formula is C12H20ClN3O. The Kier molecular flexibility index (Phi) is 3.48. The summed E-state index contributed by atoms with van der Waals surface area (Å²) in [5.74, 6) is 0. The van der Waals surface area contributed by atoms with Gasteiger partial charge in [-0.1, -0.05) is 11.6 Å². The molecule has 96 valence electrons. The van der Waals surface area contributed by atoms with Gasteiger partial charge in [0, 0.05) is 32.4 Å². The van der Waals surface area contributed by atoms with Crippen LogP contribution in [0.2, 0.25) is 5.02 Å². The van der Waals surface area contributed by atoms with Crippen LogP contribution >= 0.6 is 11.6 Å². The second-order valence-electron chi connectivity index (χ2n) is 5.42. The predicted molar refractivity (Wildman–Crippen MR) is 68.1 cm³/mol. The van der Waals surface area contributed by atoms with Crippen LogP contribution in [0.3, 0.4) is 0 Å². The van der Waals surface area contributed by atoms with Crippen molar-refractivity contribution in [2.45, 2.75) is 39.0 Å². The van der Waals surface area contributed by atoms with E-state index in [-0.39, 0.29) is 5.60 Å². The molecule has 5 heteroatoms. The van der Waals surface area contributed by atoms with Crippen molar-refractivity contribution in [2.24, 2.45) is 7.05 Å². The zero-order chi connectivity index (χ0) is 12.6. The van der Waals surface area contributed by atoms with E-state index in [9.17, 15) is 0 Å². The number of aryl methyl sites for hydroxylation is 1. The first-order chi connectivity index (χ1) is 7.87. The lowest BCUT2D eigenvalue weighted by Crippen LogP contribution is -2.52. The smallest absolute Gasteiger partial charge is 0.0950 e. The van der Waals surface area contributed by atoms with Crippen molar-refractivity contribution in [3.05, 3.63) is 16.9 Å². The molecular weight excluding hydrogens is 238 g/mol. The number of hydrogen-bond donors (Lipinski definition) is 0. The highest BCUT2D eigenvalue weighted by Crippen LogP contribution is 2.24. The minimum atomic E-state index is -0.0895. The zero-order valence-corrected chi connectivity index (χ0v) is 11.7. The number of halogens is 1. The highest BCUT2D eigenvalue weighted by Gasteiger charge is 2.32. The standard InChI is InChI=1S/C12H20ClN3O/c1-9-7-17-12(2,3)8-16(9)6-11-10(13)5-15(4)14-11/h5,9H,6-8H2,1-4H3/t9-/m0/s1. The molecule has 2 rings (SSSR count). The van der Waals surface area contributed by atoms with Crippen molar-refractivity contribution >= 4 is 11.6 Å². The van der Waals surface area contributed by atoms with Gasteiger partial charge in [0.1, 0.15) is 0 Å². The Balaban J connectivity index is 2.09. The third-order valence-electron chi connectivity index (χ3n) is 3.13. The first-order valence-electron chi connectivity index (χ1n) is 5.93. The summed E-state index contributed by atoms with van der Waals surface area (Å²) < 4.78 is 7.54. The van der Waals surface area contributed by atoms with E-state index >= 15 is 0 Å². The Morgan fingerprint density at radius 2 is 2.29 bits per heavy atom. The number of aromatic nitrogens is 2. The molecule has 17 heavy (non-hydrogen) atoms. The van der Waals surface area contributed by atoms with Gasteiger partial charge in [-0.15, -0.1) is 0 Å². The SMILES string of the molecule is C[C@H]1COC(C)(C)CN1Cc1nn(C)cc1Cl. The van der Waals surface area contributed by atoms with E-state index in [0.29, 0.717) is 6.04 Å². The van der Waals surface area contributed by atoms with Gasteiger partial charge in [-0.2, -0.15) is 5.10 Å². The molecule has 0 bridgehead atoms. The van der Waals surface area contributed by atoms with Crippen LogP contribution in [0.15, 0.2) is 6.20 Å². The molecule has 1 saturated heterocycles. The van der Waals surface area contributed by atoms with E-state index in [2.05, 4.69) is 30.8 Å². The van der Waals surface area contributed by atoms with Crippen molar-refractivity contribution in [1.29, 1.82) is 0 Å². The largest absolute Gasteiger partial charge is 0.373 e. The highest BCUT2D eigenvalue weighted by molar-refractivity contribution is 6.31. The maximum Gasteiger partial charge on any atom is 0.0950 e. The Hall–Kier alpha value is -0.580. The predicted octanol–water partition coefficient (Wildman–Crippen LogP) is 2.07. The lowest BCUT2D eigenvalue weighted by Gasteiger charge is -2.42. The minimum Gasteiger partial charge on any atom is -0.373 e. The quantitative estimate of drug-likeness (QED) is 0.813. The summed E-state index contributed by atoms with van der Waals surface area (Å²) in [6.45, 7) is 8.86. The number of rotatable bonds is 2. The van der Waals surface area contributed by atoms with Crippen LogP contribution in [-0.4, -0.2) is 39.5 Å². The van der Waals surface area contributed by atoms with Crippen molar-refractivity contribution in [3.63, 3.8) is 0 Å². The molecule has 1 aromatic heterocycles.